The number of halogens is 1. The Morgan fingerprint density at radius 1 is 1.18 bits per heavy atom. The highest BCUT2D eigenvalue weighted by molar-refractivity contribution is 6.37. The number of rotatable bonds is 1. The van der Waals surface area contributed by atoms with Crippen LogP contribution in [0.2, 0.25) is 5.02 Å². The summed E-state index contributed by atoms with van der Waals surface area (Å²) < 4.78 is 5.91. The van der Waals surface area contributed by atoms with Crippen LogP contribution in [0.15, 0.2) is 47.0 Å². The first-order chi connectivity index (χ1) is 10.6. The smallest absolute Gasteiger partial charge is 0.161 e. The zero-order valence-corrected chi connectivity index (χ0v) is 12.4. The quantitative estimate of drug-likeness (QED) is 0.553. The van der Waals surface area contributed by atoms with Crippen molar-refractivity contribution in [2.75, 3.05) is 0 Å². The second-order valence-corrected chi connectivity index (χ2v) is 5.51. The number of hydrogen-bond donors (Lipinski definition) is 1. The van der Waals surface area contributed by atoms with Gasteiger partial charge in [0.05, 0.1) is 5.02 Å². The fraction of sp³-hybridized carbons (Fsp3) is 0.0588. The Balaban J connectivity index is 2.06. The maximum Gasteiger partial charge on any atom is 0.161 e. The molecule has 3 heterocycles. The molecule has 4 aromatic rings. The van der Waals surface area contributed by atoms with Gasteiger partial charge in [-0.1, -0.05) is 11.6 Å². The molecule has 0 atom stereocenters. The molecule has 4 rings (SSSR count). The van der Waals surface area contributed by atoms with Crippen molar-refractivity contribution in [3.8, 4) is 17.2 Å². The van der Waals surface area contributed by atoms with E-state index in [2.05, 4.69) is 9.97 Å². The highest BCUT2D eigenvalue weighted by atomic mass is 35.5. The summed E-state index contributed by atoms with van der Waals surface area (Å²) in [6, 6.07) is 10.7. The Labute approximate surface area is 131 Å². The van der Waals surface area contributed by atoms with Crippen molar-refractivity contribution in [1.82, 2.24) is 9.97 Å². The SMILES string of the molecule is Cc1ccc(O)c(-c2cc3cc(Cl)c4cccnc4c3o2)n1. The number of fused-ring (bicyclic) bond motifs is 3. The van der Waals surface area contributed by atoms with E-state index >= 15 is 0 Å². The van der Waals surface area contributed by atoms with Crippen molar-refractivity contribution < 1.29 is 9.52 Å². The van der Waals surface area contributed by atoms with Crippen molar-refractivity contribution in [3.63, 3.8) is 0 Å². The number of pyridine rings is 2. The van der Waals surface area contributed by atoms with E-state index in [0.29, 0.717) is 27.6 Å². The van der Waals surface area contributed by atoms with E-state index in [1.807, 2.05) is 31.2 Å². The molecule has 0 aliphatic carbocycles. The van der Waals surface area contributed by atoms with Crippen LogP contribution in [0.25, 0.3) is 33.3 Å². The Morgan fingerprint density at radius 2 is 2.05 bits per heavy atom. The van der Waals surface area contributed by atoms with Gasteiger partial charge in [-0.15, -0.1) is 0 Å². The fourth-order valence-corrected chi connectivity index (χ4v) is 2.81. The third-order valence-electron chi connectivity index (χ3n) is 3.57. The molecule has 0 bridgehead atoms. The van der Waals surface area contributed by atoms with Crippen LogP contribution in [0.5, 0.6) is 5.75 Å². The van der Waals surface area contributed by atoms with Gasteiger partial charge in [0, 0.05) is 22.7 Å². The van der Waals surface area contributed by atoms with E-state index in [4.69, 9.17) is 16.0 Å². The standard InChI is InChI=1S/C17H11ClN2O2/c1-9-4-5-13(21)16(20-9)14-8-10-7-12(18)11-3-2-6-19-15(11)17(10)22-14/h2-8,21H,1H3. The monoisotopic (exact) mass is 310 g/mol. The van der Waals surface area contributed by atoms with Gasteiger partial charge in [0.2, 0.25) is 0 Å². The predicted molar refractivity (Wildman–Crippen MR) is 86.2 cm³/mol. The maximum atomic E-state index is 10.0. The van der Waals surface area contributed by atoms with Crippen molar-refractivity contribution in [3.05, 3.63) is 53.3 Å². The van der Waals surface area contributed by atoms with Crippen LogP contribution in [0.1, 0.15) is 5.69 Å². The Kier molecular flexibility index (Phi) is 2.81. The summed E-state index contributed by atoms with van der Waals surface area (Å²) in [5.41, 5.74) is 2.55. The molecule has 22 heavy (non-hydrogen) atoms. The first-order valence-electron chi connectivity index (χ1n) is 6.77. The van der Waals surface area contributed by atoms with Crippen molar-refractivity contribution >= 4 is 33.5 Å². The van der Waals surface area contributed by atoms with Crippen LogP contribution in [-0.4, -0.2) is 15.1 Å². The highest BCUT2D eigenvalue weighted by Crippen LogP contribution is 2.37. The lowest BCUT2D eigenvalue weighted by molar-refractivity contribution is 0.471. The summed E-state index contributed by atoms with van der Waals surface area (Å²) in [7, 11) is 0. The second-order valence-electron chi connectivity index (χ2n) is 5.11. The van der Waals surface area contributed by atoms with Crippen LogP contribution >= 0.6 is 11.6 Å². The second kappa shape index (κ2) is 4.71. The van der Waals surface area contributed by atoms with Crippen LogP contribution < -0.4 is 0 Å². The van der Waals surface area contributed by atoms with Crippen molar-refractivity contribution in [1.29, 1.82) is 0 Å². The van der Waals surface area contributed by atoms with Gasteiger partial charge in [-0.3, -0.25) is 4.98 Å². The summed E-state index contributed by atoms with van der Waals surface area (Å²) in [6.07, 6.45) is 1.70. The van der Waals surface area contributed by atoms with Crippen LogP contribution in [0, 0.1) is 6.92 Å². The molecule has 108 valence electrons. The highest BCUT2D eigenvalue weighted by Gasteiger charge is 2.16. The van der Waals surface area contributed by atoms with E-state index < -0.39 is 0 Å². The number of benzene rings is 1. The molecule has 0 saturated heterocycles. The number of furan rings is 1. The molecule has 0 saturated carbocycles. The minimum absolute atomic E-state index is 0.0769. The number of aromatic hydroxyl groups is 1. The largest absolute Gasteiger partial charge is 0.506 e. The zero-order valence-electron chi connectivity index (χ0n) is 11.7. The molecule has 4 nitrogen and oxygen atoms in total. The average molecular weight is 311 g/mol. The summed E-state index contributed by atoms with van der Waals surface area (Å²) >= 11 is 6.30. The fourth-order valence-electron chi connectivity index (χ4n) is 2.54. The van der Waals surface area contributed by atoms with Gasteiger partial charge in [0.25, 0.3) is 0 Å². The normalized spacial score (nSPS) is 11.4. The van der Waals surface area contributed by atoms with Crippen LogP contribution in [-0.2, 0) is 0 Å². The van der Waals surface area contributed by atoms with E-state index in [9.17, 15) is 5.11 Å². The van der Waals surface area contributed by atoms with Gasteiger partial charge in [0.1, 0.15) is 17.0 Å². The molecule has 1 aromatic carbocycles. The number of aromatic nitrogens is 2. The molecule has 0 fully saturated rings. The number of aryl methyl sites for hydroxylation is 1. The summed E-state index contributed by atoms with van der Waals surface area (Å²) in [6.45, 7) is 1.86. The minimum Gasteiger partial charge on any atom is -0.506 e. The summed E-state index contributed by atoms with van der Waals surface area (Å²) in [5.74, 6) is 0.568. The molecule has 0 aliphatic rings. The summed E-state index contributed by atoms with van der Waals surface area (Å²) in [5, 5.41) is 12.3. The molecule has 0 radical (unpaired) electrons. The molecular formula is C17H11ClN2O2. The van der Waals surface area contributed by atoms with E-state index in [-0.39, 0.29) is 5.75 Å². The van der Waals surface area contributed by atoms with Gasteiger partial charge >= 0.3 is 0 Å². The topological polar surface area (TPSA) is 59.2 Å². The lowest BCUT2D eigenvalue weighted by Crippen LogP contribution is -1.85. The van der Waals surface area contributed by atoms with Gasteiger partial charge < -0.3 is 9.52 Å². The Morgan fingerprint density at radius 3 is 2.91 bits per heavy atom. The minimum atomic E-state index is 0.0769. The van der Waals surface area contributed by atoms with Gasteiger partial charge in [-0.25, -0.2) is 4.98 Å². The first kappa shape index (κ1) is 13.1. The number of nitrogens with zero attached hydrogens (tertiary/aromatic N) is 2. The molecule has 1 N–H and O–H groups in total. The molecule has 0 amide bonds. The van der Waals surface area contributed by atoms with Gasteiger partial charge in [-0.2, -0.15) is 0 Å². The maximum absolute atomic E-state index is 10.0. The van der Waals surface area contributed by atoms with E-state index in [1.165, 1.54) is 0 Å². The number of hydrogen-bond acceptors (Lipinski definition) is 4. The van der Waals surface area contributed by atoms with Crippen molar-refractivity contribution in [2.45, 2.75) is 6.92 Å². The molecule has 0 spiro atoms. The molecule has 3 aromatic heterocycles. The average Bonchev–Trinajstić information content (AvgIpc) is 2.94. The lowest BCUT2D eigenvalue weighted by atomic mass is 10.1. The molecule has 5 heteroatoms. The van der Waals surface area contributed by atoms with Crippen molar-refractivity contribution in [2.24, 2.45) is 0 Å². The van der Waals surface area contributed by atoms with Gasteiger partial charge in [0.15, 0.2) is 11.3 Å². The van der Waals surface area contributed by atoms with E-state index in [1.54, 1.807) is 18.3 Å². The third kappa shape index (κ3) is 1.92. The van der Waals surface area contributed by atoms with Crippen LogP contribution in [0.3, 0.4) is 0 Å². The first-order valence-corrected chi connectivity index (χ1v) is 7.15. The third-order valence-corrected chi connectivity index (χ3v) is 3.88. The lowest BCUT2D eigenvalue weighted by Gasteiger charge is -2.01. The molecule has 0 aliphatic heterocycles. The Hall–Kier alpha value is -2.59. The zero-order chi connectivity index (χ0) is 15.3. The van der Waals surface area contributed by atoms with Gasteiger partial charge in [-0.05, 0) is 43.3 Å². The Bertz CT molecular complexity index is 1020. The predicted octanol–water partition coefficient (Wildman–Crippen LogP) is 4.71. The van der Waals surface area contributed by atoms with Crippen LogP contribution in [0.4, 0.5) is 0 Å². The summed E-state index contributed by atoms with van der Waals surface area (Å²) in [4.78, 5) is 8.70. The van der Waals surface area contributed by atoms with E-state index in [0.717, 1.165) is 16.5 Å². The molecule has 0 unspecified atom stereocenters. The molecular weight excluding hydrogens is 300 g/mol.